The second-order valence-electron chi connectivity index (χ2n) is 6.81. The molecule has 164 valence electrons. The molecule has 0 N–H and O–H groups in total. The molecule has 0 saturated carbocycles. The average molecular weight is 455 g/mol. The molecule has 3 aromatic carbocycles. The van der Waals surface area contributed by atoms with E-state index in [0.717, 1.165) is 12.1 Å². The van der Waals surface area contributed by atoms with E-state index in [1.807, 2.05) is 0 Å². The first kappa shape index (κ1) is 21.3. The smallest absolute Gasteiger partial charge is 0.346 e. The van der Waals surface area contributed by atoms with Gasteiger partial charge in [-0.1, -0.05) is 36.4 Å². The SMILES string of the molecule is CCOC(=O)c1c(C)oc2c1cc(OS(=O)(=O)c1ccccc1[N+](=O)[O-])c1ccccc12. The Morgan fingerprint density at radius 3 is 2.41 bits per heavy atom. The van der Waals surface area contributed by atoms with Gasteiger partial charge in [0.2, 0.25) is 0 Å². The summed E-state index contributed by atoms with van der Waals surface area (Å²) in [5.41, 5.74) is -0.0820. The number of hydrogen-bond donors (Lipinski definition) is 0. The summed E-state index contributed by atoms with van der Waals surface area (Å²) in [7, 11) is -4.57. The molecule has 1 heterocycles. The first-order valence-electron chi connectivity index (χ1n) is 9.54. The van der Waals surface area contributed by atoms with Gasteiger partial charge >= 0.3 is 16.1 Å². The molecule has 4 rings (SSSR count). The normalized spacial score (nSPS) is 11.6. The van der Waals surface area contributed by atoms with Crippen LogP contribution in [0.4, 0.5) is 5.69 Å². The molecule has 0 atom stereocenters. The van der Waals surface area contributed by atoms with Crippen LogP contribution in [0.1, 0.15) is 23.0 Å². The lowest BCUT2D eigenvalue weighted by Gasteiger charge is -2.11. The number of para-hydroxylation sites is 1. The van der Waals surface area contributed by atoms with Crippen molar-refractivity contribution in [1.29, 1.82) is 0 Å². The van der Waals surface area contributed by atoms with E-state index >= 15 is 0 Å². The highest BCUT2D eigenvalue weighted by Gasteiger charge is 2.29. The third kappa shape index (κ3) is 3.54. The fraction of sp³-hybridized carbons (Fsp3) is 0.136. The van der Waals surface area contributed by atoms with E-state index in [9.17, 15) is 23.3 Å². The van der Waals surface area contributed by atoms with Crippen LogP contribution < -0.4 is 4.18 Å². The number of benzene rings is 3. The minimum Gasteiger partial charge on any atom is -0.462 e. The number of aryl methyl sites for hydroxylation is 1. The zero-order valence-electron chi connectivity index (χ0n) is 17.0. The van der Waals surface area contributed by atoms with E-state index in [4.69, 9.17) is 13.3 Å². The number of nitro benzene ring substituents is 1. The molecule has 32 heavy (non-hydrogen) atoms. The fourth-order valence-electron chi connectivity index (χ4n) is 3.51. The van der Waals surface area contributed by atoms with Crippen LogP contribution >= 0.6 is 0 Å². The van der Waals surface area contributed by atoms with Gasteiger partial charge in [0.25, 0.3) is 5.69 Å². The summed E-state index contributed by atoms with van der Waals surface area (Å²) in [4.78, 5) is 22.4. The molecule has 0 aliphatic rings. The lowest BCUT2D eigenvalue weighted by Crippen LogP contribution is -2.12. The van der Waals surface area contributed by atoms with Crippen molar-refractivity contribution in [2.24, 2.45) is 0 Å². The summed E-state index contributed by atoms with van der Waals surface area (Å²) >= 11 is 0. The van der Waals surface area contributed by atoms with Crippen molar-refractivity contribution >= 4 is 43.5 Å². The third-order valence-corrected chi connectivity index (χ3v) is 6.13. The van der Waals surface area contributed by atoms with Gasteiger partial charge in [-0.25, -0.2) is 4.79 Å². The maximum absolute atomic E-state index is 13.0. The first-order valence-corrected chi connectivity index (χ1v) is 10.9. The number of nitro groups is 1. The van der Waals surface area contributed by atoms with Gasteiger partial charge in [0, 0.05) is 22.2 Å². The number of rotatable bonds is 6. The van der Waals surface area contributed by atoms with Gasteiger partial charge in [-0.05, 0) is 26.0 Å². The summed E-state index contributed by atoms with van der Waals surface area (Å²) in [6, 6.07) is 13.0. The Kier molecular flexibility index (Phi) is 5.31. The quantitative estimate of drug-likeness (QED) is 0.176. The summed E-state index contributed by atoms with van der Waals surface area (Å²) < 4.78 is 42.3. The van der Waals surface area contributed by atoms with Crippen LogP contribution in [-0.4, -0.2) is 25.9 Å². The van der Waals surface area contributed by atoms with Gasteiger partial charge in [-0.15, -0.1) is 0 Å². The van der Waals surface area contributed by atoms with E-state index in [1.54, 1.807) is 38.1 Å². The second-order valence-corrected chi connectivity index (χ2v) is 8.33. The van der Waals surface area contributed by atoms with Crippen LogP contribution in [0.2, 0.25) is 0 Å². The fourth-order valence-corrected chi connectivity index (χ4v) is 4.62. The summed E-state index contributed by atoms with van der Waals surface area (Å²) in [5, 5.41) is 12.5. The van der Waals surface area contributed by atoms with E-state index in [0.29, 0.717) is 27.5 Å². The Balaban J connectivity index is 1.95. The van der Waals surface area contributed by atoms with E-state index in [2.05, 4.69) is 0 Å². The molecule has 1 aromatic heterocycles. The Morgan fingerprint density at radius 1 is 1.06 bits per heavy atom. The van der Waals surface area contributed by atoms with Crippen molar-refractivity contribution in [3.63, 3.8) is 0 Å². The number of carbonyl (C=O) groups excluding carboxylic acids is 1. The lowest BCUT2D eigenvalue weighted by molar-refractivity contribution is -0.387. The minimum absolute atomic E-state index is 0.0994. The second kappa shape index (κ2) is 7.97. The van der Waals surface area contributed by atoms with Gasteiger partial charge in [-0.3, -0.25) is 10.1 Å². The Hall–Kier alpha value is -3.92. The van der Waals surface area contributed by atoms with Crippen LogP contribution in [0.3, 0.4) is 0 Å². The molecule has 0 radical (unpaired) electrons. The maximum atomic E-state index is 13.0. The van der Waals surface area contributed by atoms with Crippen LogP contribution in [0.5, 0.6) is 5.75 Å². The summed E-state index contributed by atoms with van der Waals surface area (Å²) in [6.07, 6.45) is 0. The molecule has 0 amide bonds. The molecule has 10 heteroatoms. The topological polar surface area (TPSA) is 126 Å². The number of nitrogens with zero attached hydrogens (tertiary/aromatic N) is 1. The molecule has 0 aliphatic heterocycles. The van der Waals surface area contributed by atoms with Crippen molar-refractivity contribution < 1.29 is 31.5 Å². The summed E-state index contributed by atoms with van der Waals surface area (Å²) in [6.45, 7) is 3.42. The molecule has 4 aromatic rings. The van der Waals surface area contributed by atoms with Gasteiger partial charge in [0.15, 0.2) is 10.6 Å². The highest BCUT2D eigenvalue weighted by Crippen LogP contribution is 2.39. The summed E-state index contributed by atoms with van der Waals surface area (Å²) in [5.74, 6) is -0.411. The molecule has 0 spiro atoms. The average Bonchev–Trinajstić information content (AvgIpc) is 3.10. The van der Waals surface area contributed by atoms with Gasteiger partial charge in [-0.2, -0.15) is 8.42 Å². The predicted molar refractivity (Wildman–Crippen MR) is 115 cm³/mol. The molecule has 0 saturated heterocycles. The monoisotopic (exact) mass is 455 g/mol. The molecule has 9 nitrogen and oxygen atoms in total. The van der Waals surface area contributed by atoms with Crippen LogP contribution in [0.25, 0.3) is 21.7 Å². The van der Waals surface area contributed by atoms with Crippen molar-refractivity contribution in [2.45, 2.75) is 18.7 Å². The van der Waals surface area contributed by atoms with Crippen LogP contribution in [0, 0.1) is 17.0 Å². The van der Waals surface area contributed by atoms with Gasteiger partial charge in [0.05, 0.1) is 11.5 Å². The molecular formula is C22H17NO8S. The lowest BCUT2D eigenvalue weighted by atomic mass is 10.0. The number of ether oxygens (including phenoxy) is 1. The Bertz CT molecular complexity index is 1490. The largest absolute Gasteiger partial charge is 0.462 e. The van der Waals surface area contributed by atoms with Crippen LogP contribution in [-0.2, 0) is 14.9 Å². The molecular weight excluding hydrogens is 438 g/mol. The molecule has 0 aliphatic carbocycles. The zero-order valence-corrected chi connectivity index (χ0v) is 17.8. The standard InChI is InChI=1S/C22H17NO8S/c1-3-29-22(24)20-13(2)30-21-15-9-5-4-8-14(15)18(12-16(20)21)31-32(27,28)19-11-7-6-10-17(19)23(25)26/h4-12H,3H2,1-2H3. The van der Waals surface area contributed by atoms with Gasteiger partial charge < -0.3 is 13.3 Å². The molecule has 0 unspecified atom stereocenters. The van der Waals surface area contributed by atoms with Crippen molar-refractivity contribution in [3.05, 3.63) is 76.0 Å². The Labute approximate surface area is 182 Å². The number of esters is 1. The first-order chi connectivity index (χ1) is 15.2. The Morgan fingerprint density at radius 2 is 1.72 bits per heavy atom. The van der Waals surface area contributed by atoms with E-state index in [1.165, 1.54) is 18.2 Å². The minimum atomic E-state index is -4.57. The number of fused-ring (bicyclic) bond motifs is 3. The predicted octanol–water partition coefficient (Wildman–Crippen LogP) is 4.75. The van der Waals surface area contributed by atoms with Crippen LogP contribution in [0.15, 0.2) is 63.9 Å². The highest BCUT2D eigenvalue weighted by atomic mass is 32.2. The van der Waals surface area contributed by atoms with Gasteiger partial charge in [0.1, 0.15) is 16.9 Å². The van der Waals surface area contributed by atoms with E-state index in [-0.39, 0.29) is 17.9 Å². The molecule has 0 fully saturated rings. The van der Waals surface area contributed by atoms with Crippen molar-refractivity contribution in [1.82, 2.24) is 0 Å². The number of hydrogen-bond acceptors (Lipinski definition) is 8. The highest BCUT2D eigenvalue weighted by molar-refractivity contribution is 7.87. The number of furan rings is 1. The maximum Gasteiger partial charge on any atom is 0.346 e. The van der Waals surface area contributed by atoms with E-state index < -0.39 is 31.6 Å². The van der Waals surface area contributed by atoms with Crippen molar-refractivity contribution in [3.8, 4) is 5.75 Å². The third-order valence-electron chi connectivity index (χ3n) is 4.84. The van der Waals surface area contributed by atoms with Crippen molar-refractivity contribution in [2.75, 3.05) is 6.61 Å². The molecule has 0 bridgehead atoms. The zero-order chi connectivity index (χ0) is 23.0. The number of carbonyl (C=O) groups is 1.